The second kappa shape index (κ2) is 5.66. The summed E-state index contributed by atoms with van der Waals surface area (Å²) >= 11 is 1.84. The van der Waals surface area contributed by atoms with Crippen molar-refractivity contribution in [1.82, 2.24) is 0 Å². The lowest BCUT2D eigenvalue weighted by molar-refractivity contribution is 0.299. The van der Waals surface area contributed by atoms with Gasteiger partial charge in [-0.05, 0) is 61.8 Å². The fourth-order valence-electron chi connectivity index (χ4n) is 3.31. The minimum absolute atomic E-state index is 0.249. The molecule has 0 radical (unpaired) electrons. The van der Waals surface area contributed by atoms with Crippen LogP contribution < -0.4 is 5.73 Å². The largest absolute Gasteiger partial charge is 0.330 e. The molecule has 0 bridgehead atoms. The van der Waals surface area contributed by atoms with E-state index in [0.717, 1.165) is 6.54 Å². The van der Waals surface area contributed by atoms with Gasteiger partial charge >= 0.3 is 0 Å². The number of hydrogen-bond acceptors (Lipinski definition) is 2. The van der Waals surface area contributed by atoms with Gasteiger partial charge in [-0.2, -0.15) is 0 Å². The smallest absolute Gasteiger partial charge is 0.00786 e. The summed E-state index contributed by atoms with van der Waals surface area (Å²) in [7, 11) is 0. The summed E-state index contributed by atoms with van der Waals surface area (Å²) < 4.78 is 0. The Kier molecular flexibility index (Phi) is 4.39. The Hall–Kier alpha value is -0.470. The van der Waals surface area contributed by atoms with Crippen LogP contribution in [0.4, 0.5) is 0 Å². The van der Waals surface area contributed by atoms with Crippen LogP contribution in [0.25, 0.3) is 0 Å². The molecule has 100 valence electrons. The summed E-state index contributed by atoms with van der Waals surface area (Å²) in [4.78, 5) is 1.38. The van der Waals surface area contributed by atoms with Crippen molar-refractivity contribution >= 4 is 11.8 Å². The van der Waals surface area contributed by atoms with Crippen molar-refractivity contribution in [3.05, 3.63) is 28.8 Å². The first-order chi connectivity index (χ1) is 8.63. The van der Waals surface area contributed by atoms with Crippen LogP contribution in [-0.4, -0.2) is 12.8 Å². The zero-order valence-corrected chi connectivity index (χ0v) is 12.7. The summed E-state index contributed by atoms with van der Waals surface area (Å²) in [6.07, 6.45) is 8.73. The van der Waals surface area contributed by atoms with Gasteiger partial charge in [0.2, 0.25) is 0 Å². The maximum Gasteiger partial charge on any atom is 0.00786 e. The van der Waals surface area contributed by atoms with Gasteiger partial charge in [0.25, 0.3) is 0 Å². The summed E-state index contributed by atoms with van der Waals surface area (Å²) in [6, 6.07) is 4.70. The van der Waals surface area contributed by atoms with Gasteiger partial charge in [-0.25, -0.2) is 0 Å². The SMILES string of the molecule is CSc1cc(C)c(C)c(C2(CN)CCCCC2)c1. The average molecular weight is 263 g/mol. The van der Waals surface area contributed by atoms with Crippen LogP contribution in [0.15, 0.2) is 17.0 Å². The normalized spacial score (nSPS) is 18.9. The summed E-state index contributed by atoms with van der Waals surface area (Å²) in [5, 5.41) is 0. The Morgan fingerprint density at radius 3 is 2.39 bits per heavy atom. The molecule has 18 heavy (non-hydrogen) atoms. The van der Waals surface area contributed by atoms with Crippen molar-refractivity contribution in [2.45, 2.75) is 56.3 Å². The highest BCUT2D eigenvalue weighted by atomic mass is 32.2. The molecule has 2 rings (SSSR count). The lowest BCUT2D eigenvalue weighted by atomic mass is 9.68. The van der Waals surface area contributed by atoms with E-state index >= 15 is 0 Å². The Labute approximate surface area is 116 Å². The number of benzene rings is 1. The van der Waals surface area contributed by atoms with Crippen LogP contribution >= 0.6 is 11.8 Å². The molecule has 0 unspecified atom stereocenters. The molecular formula is C16H25NS. The zero-order valence-electron chi connectivity index (χ0n) is 11.9. The number of aryl methyl sites for hydroxylation is 1. The fraction of sp³-hybridized carbons (Fsp3) is 0.625. The number of hydrogen-bond donors (Lipinski definition) is 1. The molecule has 0 spiro atoms. The van der Waals surface area contributed by atoms with Crippen LogP contribution in [0, 0.1) is 13.8 Å². The van der Waals surface area contributed by atoms with Gasteiger partial charge < -0.3 is 5.73 Å². The molecule has 0 saturated heterocycles. The molecule has 2 heteroatoms. The van der Waals surface area contributed by atoms with Crippen LogP contribution in [0.3, 0.4) is 0 Å². The van der Waals surface area contributed by atoms with Gasteiger partial charge in [0, 0.05) is 16.9 Å². The molecule has 0 aliphatic heterocycles. The number of thioether (sulfide) groups is 1. The molecule has 1 aliphatic rings. The van der Waals surface area contributed by atoms with E-state index < -0.39 is 0 Å². The molecule has 2 N–H and O–H groups in total. The minimum atomic E-state index is 0.249. The third-order valence-corrected chi connectivity index (χ3v) is 5.36. The van der Waals surface area contributed by atoms with Crippen molar-refractivity contribution in [2.24, 2.45) is 5.73 Å². The first kappa shape index (κ1) is 14.0. The highest BCUT2D eigenvalue weighted by Gasteiger charge is 2.34. The first-order valence-corrected chi connectivity index (χ1v) is 8.21. The summed E-state index contributed by atoms with van der Waals surface area (Å²) in [5.41, 5.74) is 10.8. The number of rotatable bonds is 3. The lowest BCUT2D eigenvalue weighted by Crippen LogP contribution is -2.38. The molecule has 1 aromatic carbocycles. The second-order valence-corrected chi connectivity index (χ2v) is 6.54. The van der Waals surface area contributed by atoms with E-state index in [0.29, 0.717) is 0 Å². The maximum absolute atomic E-state index is 6.17. The summed E-state index contributed by atoms with van der Waals surface area (Å²) in [6.45, 7) is 5.29. The van der Waals surface area contributed by atoms with Crippen molar-refractivity contribution < 1.29 is 0 Å². The molecule has 0 amide bonds. The van der Waals surface area contributed by atoms with E-state index in [-0.39, 0.29) is 5.41 Å². The Morgan fingerprint density at radius 2 is 1.83 bits per heavy atom. The van der Waals surface area contributed by atoms with Crippen LogP contribution in [0.1, 0.15) is 48.8 Å². The van der Waals surface area contributed by atoms with E-state index in [1.165, 1.54) is 53.7 Å². The van der Waals surface area contributed by atoms with Gasteiger partial charge in [-0.3, -0.25) is 0 Å². The molecule has 0 heterocycles. The van der Waals surface area contributed by atoms with E-state index in [1.807, 2.05) is 11.8 Å². The predicted octanol–water partition coefficient (Wildman–Crippen LogP) is 4.19. The third-order valence-electron chi connectivity index (χ3n) is 4.65. The fourth-order valence-corrected chi connectivity index (χ4v) is 3.84. The highest BCUT2D eigenvalue weighted by molar-refractivity contribution is 7.98. The van der Waals surface area contributed by atoms with Crippen molar-refractivity contribution in [3.8, 4) is 0 Å². The zero-order chi connectivity index (χ0) is 13.2. The standard InChI is InChI=1S/C16H25NS/c1-12-9-14(18-3)10-15(13(12)2)16(11-17)7-5-4-6-8-16/h9-10H,4-8,11,17H2,1-3H3. The van der Waals surface area contributed by atoms with Crippen LogP contribution in [-0.2, 0) is 5.41 Å². The van der Waals surface area contributed by atoms with Crippen LogP contribution in [0.2, 0.25) is 0 Å². The van der Waals surface area contributed by atoms with Gasteiger partial charge in [-0.15, -0.1) is 11.8 Å². The Balaban J connectivity index is 2.50. The van der Waals surface area contributed by atoms with E-state index in [9.17, 15) is 0 Å². The van der Waals surface area contributed by atoms with E-state index in [2.05, 4.69) is 32.2 Å². The van der Waals surface area contributed by atoms with Crippen LogP contribution in [0.5, 0.6) is 0 Å². The van der Waals surface area contributed by atoms with Gasteiger partial charge in [0.1, 0.15) is 0 Å². The topological polar surface area (TPSA) is 26.0 Å². The molecule has 0 aromatic heterocycles. The van der Waals surface area contributed by atoms with Gasteiger partial charge in [0.15, 0.2) is 0 Å². The maximum atomic E-state index is 6.17. The predicted molar refractivity (Wildman–Crippen MR) is 81.5 cm³/mol. The van der Waals surface area contributed by atoms with Gasteiger partial charge in [-0.1, -0.05) is 19.3 Å². The van der Waals surface area contributed by atoms with E-state index in [4.69, 9.17) is 5.73 Å². The van der Waals surface area contributed by atoms with Crippen molar-refractivity contribution in [3.63, 3.8) is 0 Å². The lowest BCUT2D eigenvalue weighted by Gasteiger charge is -2.38. The van der Waals surface area contributed by atoms with Crippen molar-refractivity contribution in [2.75, 3.05) is 12.8 Å². The monoisotopic (exact) mass is 263 g/mol. The summed E-state index contributed by atoms with van der Waals surface area (Å²) in [5.74, 6) is 0. The highest BCUT2D eigenvalue weighted by Crippen LogP contribution is 2.41. The Bertz CT molecular complexity index is 419. The molecule has 1 nitrogen and oxygen atoms in total. The minimum Gasteiger partial charge on any atom is -0.330 e. The first-order valence-electron chi connectivity index (χ1n) is 6.99. The quantitative estimate of drug-likeness (QED) is 0.828. The van der Waals surface area contributed by atoms with Crippen molar-refractivity contribution in [1.29, 1.82) is 0 Å². The molecule has 0 atom stereocenters. The van der Waals surface area contributed by atoms with Gasteiger partial charge in [0.05, 0.1) is 0 Å². The number of nitrogens with two attached hydrogens (primary N) is 1. The van der Waals surface area contributed by atoms with E-state index in [1.54, 1.807) is 0 Å². The third kappa shape index (κ3) is 2.46. The molecule has 1 aliphatic carbocycles. The average Bonchev–Trinajstić information content (AvgIpc) is 2.42. The molecular weight excluding hydrogens is 238 g/mol. The Morgan fingerprint density at radius 1 is 1.17 bits per heavy atom. The molecule has 1 aromatic rings. The second-order valence-electron chi connectivity index (χ2n) is 5.66. The molecule has 1 fully saturated rings. The molecule has 1 saturated carbocycles.